The van der Waals surface area contributed by atoms with Gasteiger partial charge in [0.25, 0.3) is 0 Å². The number of rotatable bonds is 4. The highest BCUT2D eigenvalue weighted by molar-refractivity contribution is 5.98. The van der Waals surface area contributed by atoms with Crippen LogP contribution in [0.3, 0.4) is 0 Å². The molecule has 0 radical (unpaired) electrons. The lowest BCUT2D eigenvalue weighted by atomic mass is 9.98. The lowest BCUT2D eigenvalue weighted by molar-refractivity contribution is -0.274. The first-order chi connectivity index (χ1) is 11.2. The van der Waals surface area contributed by atoms with Crippen LogP contribution in [0.25, 0.3) is 11.1 Å². The molecule has 24 heavy (non-hydrogen) atoms. The van der Waals surface area contributed by atoms with Gasteiger partial charge in [0.05, 0.1) is 12.2 Å². The van der Waals surface area contributed by atoms with Gasteiger partial charge in [-0.1, -0.05) is 18.2 Å². The lowest BCUT2D eigenvalue weighted by Gasteiger charge is -2.15. The number of para-hydroxylation sites is 1. The van der Waals surface area contributed by atoms with E-state index >= 15 is 0 Å². The molecule has 0 saturated carbocycles. The number of ether oxygens (including phenoxy) is 2. The summed E-state index contributed by atoms with van der Waals surface area (Å²) in [7, 11) is 0. The molecule has 0 fully saturated rings. The summed E-state index contributed by atoms with van der Waals surface area (Å²) in [4.78, 5) is 11.9. The Kier molecular flexibility index (Phi) is 5.06. The number of esters is 1. The summed E-state index contributed by atoms with van der Waals surface area (Å²) in [5.41, 5.74) is -0.905. The summed E-state index contributed by atoms with van der Waals surface area (Å²) in [5.74, 6) is -4.29. The Bertz CT molecular complexity index is 756. The average molecular weight is 346 g/mol. The van der Waals surface area contributed by atoms with Gasteiger partial charge in [-0.25, -0.2) is 13.6 Å². The van der Waals surface area contributed by atoms with Crippen LogP contribution in [-0.2, 0) is 4.74 Å². The number of carbonyl (C=O) groups excluding carboxylic acids is 1. The molecule has 0 aromatic heterocycles. The van der Waals surface area contributed by atoms with Crippen LogP contribution in [0.5, 0.6) is 5.75 Å². The predicted octanol–water partition coefficient (Wildman–Crippen LogP) is 4.71. The molecule has 8 heteroatoms. The number of hydrogen-bond acceptors (Lipinski definition) is 3. The van der Waals surface area contributed by atoms with Crippen molar-refractivity contribution in [2.75, 3.05) is 6.61 Å². The molecular weight excluding hydrogens is 335 g/mol. The van der Waals surface area contributed by atoms with Gasteiger partial charge in [-0.2, -0.15) is 0 Å². The Morgan fingerprint density at radius 3 is 2.29 bits per heavy atom. The molecule has 0 amide bonds. The molecule has 0 saturated heterocycles. The number of halogens is 5. The molecule has 128 valence electrons. The zero-order valence-corrected chi connectivity index (χ0v) is 12.3. The van der Waals surface area contributed by atoms with E-state index in [0.717, 1.165) is 6.07 Å². The molecule has 0 aliphatic carbocycles. The van der Waals surface area contributed by atoms with Crippen molar-refractivity contribution in [3.8, 4) is 16.9 Å². The second-order valence-electron chi connectivity index (χ2n) is 4.58. The minimum absolute atomic E-state index is 0.0437. The molecule has 2 rings (SSSR count). The highest BCUT2D eigenvalue weighted by atomic mass is 19.4. The third-order valence-electron chi connectivity index (χ3n) is 2.96. The number of benzene rings is 2. The molecule has 0 spiro atoms. The molecule has 2 aromatic rings. The maximum Gasteiger partial charge on any atom is 0.573 e. The fourth-order valence-corrected chi connectivity index (χ4v) is 2.05. The van der Waals surface area contributed by atoms with Crippen LogP contribution in [0.1, 0.15) is 17.3 Å². The molecule has 0 atom stereocenters. The van der Waals surface area contributed by atoms with Crippen molar-refractivity contribution in [2.45, 2.75) is 13.3 Å². The highest BCUT2D eigenvalue weighted by Gasteiger charge is 2.32. The normalized spacial score (nSPS) is 11.2. The van der Waals surface area contributed by atoms with Crippen LogP contribution in [-0.4, -0.2) is 18.9 Å². The van der Waals surface area contributed by atoms with Gasteiger partial charge < -0.3 is 9.47 Å². The predicted molar refractivity (Wildman–Crippen MR) is 74.4 cm³/mol. The van der Waals surface area contributed by atoms with Crippen LogP contribution >= 0.6 is 0 Å². The minimum Gasteiger partial charge on any atom is -0.462 e. The van der Waals surface area contributed by atoms with E-state index in [1.165, 1.54) is 25.1 Å². The van der Waals surface area contributed by atoms with Crippen LogP contribution in [0.4, 0.5) is 22.0 Å². The van der Waals surface area contributed by atoms with E-state index in [1.54, 1.807) is 0 Å². The van der Waals surface area contributed by atoms with Crippen LogP contribution in [0.15, 0.2) is 36.4 Å². The summed E-state index contributed by atoms with van der Waals surface area (Å²) in [5, 5.41) is 0. The molecule has 0 aliphatic rings. The number of carbonyl (C=O) groups is 1. The van der Waals surface area contributed by atoms with E-state index in [2.05, 4.69) is 4.74 Å². The van der Waals surface area contributed by atoms with Crippen molar-refractivity contribution < 1.29 is 36.2 Å². The summed E-state index contributed by atoms with van der Waals surface area (Å²) in [6.45, 7) is 1.45. The summed E-state index contributed by atoms with van der Waals surface area (Å²) >= 11 is 0. The van der Waals surface area contributed by atoms with E-state index in [1.807, 2.05) is 0 Å². The first kappa shape index (κ1) is 17.7. The third-order valence-corrected chi connectivity index (χ3v) is 2.96. The van der Waals surface area contributed by atoms with E-state index in [0.29, 0.717) is 12.1 Å². The fourth-order valence-electron chi connectivity index (χ4n) is 2.05. The van der Waals surface area contributed by atoms with Crippen LogP contribution in [0.2, 0.25) is 0 Å². The first-order valence-electron chi connectivity index (χ1n) is 6.74. The van der Waals surface area contributed by atoms with E-state index in [4.69, 9.17) is 4.74 Å². The van der Waals surface area contributed by atoms with E-state index < -0.39 is 35.3 Å². The molecule has 0 aliphatic heterocycles. The third kappa shape index (κ3) is 4.01. The Balaban J connectivity index is 2.64. The van der Waals surface area contributed by atoms with Crippen molar-refractivity contribution in [2.24, 2.45) is 0 Å². The summed E-state index contributed by atoms with van der Waals surface area (Å²) < 4.78 is 73.2. The van der Waals surface area contributed by atoms with Gasteiger partial charge in [0.1, 0.15) is 5.75 Å². The van der Waals surface area contributed by atoms with Gasteiger partial charge in [-0.15, -0.1) is 13.2 Å². The first-order valence-corrected chi connectivity index (χ1v) is 6.74. The lowest BCUT2D eigenvalue weighted by Crippen LogP contribution is -2.18. The zero-order valence-electron chi connectivity index (χ0n) is 12.3. The summed E-state index contributed by atoms with van der Waals surface area (Å²) in [6, 6.07) is 6.03. The fraction of sp³-hybridized carbons (Fsp3) is 0.188. The Morgan fingerprint density at radius 1 is 1.04 bits per heavy atom. The monoisotopic (exact) mass is 346 g/mol. The molecule has 0 unspecified atom stereocenters. The van der Waals surface area contributed by atoms with E-state index in [-0.39, 0.29) is 17.7 Å². The minimum atomic E-state index is -4.99. The maximum absolute atomic E-state index is 13.6. The van der Waals surface area contributed by atoms with Crippen molar-refractivity contribution in [3.63, 3.8) is 0 Å². The molecule has 2 aromatic carbocycles. The molecule has 0 bridgehead atoms. The highest BCUT2D eigenvalue weighted by Crippen LogP contribution is 2.36. The van der Waals surface area contributed by atoms with Gasteiger partial charge in [0.2, 0.25) is 0 Å². The van der Waals surface area contributed by atoms with Crippen LogP contribution in [0, 0.1) is 11.6 Å². The number of alkyl halides is 3. The van der Waals surface area contributed by atoms with Crippen molar-refractivity contribution in [3.05, 3.63) is 53.6 Å². The average Bonchev–Trinajstić information content (AvgIpc) is 2.49. The van der Waals surface area contributed by atoms with Gasteiger partial charge >= 0.3 is 12.3 Å². The molecule has 0 N–H and O–H groups in total. The summed E-state index contributed by atoms with van der Waals surface area (Å²) in [6.07, 6.45) is -4.99. The molecule has 0 heterocycles. The van der Waals surface area contributed by atoms with Crippen molar-refractivity contribution in [1.82, 2.24) is 0 Å². The largest absolute Gasteiger partial charge is 0.573 e. The SMILES string of the molecule is CCOC(=O)c1cc(F)c(F)cc1-c1ccccc1OC(F)(F)F. The van der Waals surface area contributed by atoms with E-state index in [9.17, 15) is 26.7 Å². The Morgan fingerprint density at radius 2 is 1.67 bits per heavy atom. The quantitative estimate of drug-likeness (QED) is 0.594. The topological polar surface area (TPSA) is 35.5 Å². The Hall–Kier alpha value is -2.64. The zero-order chi connectivity index (χ0) is 17.9. The molecular formula is C16H11F5O3. The van der Waals surface area contributed by atoms with Gasteiger partial charge in [-0.3, -0.25) is 0 Å². The maximum atomic E-state index is 13.6. The standard InChI is InChI=1S/C16H11F5O3/c1-2-23-15(22)11-8-13(18)12(17)7-10(11)9-5-3-4-6-14(9)24-16(19,20)21/h3-8H,2H2,1H3. The van der Waals surface area contributed by atoms with Gasteiger partial charge in [-0.05, 0) is 25.1 Å². The van der Waals surface area contributed by atoms with Crippen LogP contribution < -0.4 is 4.74 Å². The second-order valence-corrected chi connectivity index (χ2v) is 4.58. The Labute approximate surface area is 133 Å². The number of hydrogen-bond donors (Lipinski definition) is 0. The van der Waals surface area contributed by atoms with Gasteiger partial charge in [0.15, 0.2) is 11.6 Å². The van der Waals surface area contributed by atoms with Gasteiger partial charge in [0, 0.05) is 11.1 Å². The molecule has 3 nitrogen and oxygen atoms in total. The van der Waals surface area contributed by atoms with Crippen molar-refractivity contribution >= 4 is 5.97 Å². The van der Waals surface area contributed by atoms with Crippen molar-refractivity contribution in [1.29, 1.82) is 0 Å². The second kappa shape index (κ2) is 6.86. The smallest absolute Gasteiger partial charge is 0.462 e.